The van der Waals surface area contributed by atoms with Gasteiger partial charge in [-0.25, -0.2) is 0 Å². The van der Waals surface area contributed by atoms with Crippen molar-refractivity contribution in [2.24, 2.45) is 5.92 Å². The lowest BCUT2D eigenvalue weighted by Crippen LogP contribution is -2.88. The first-order chi connectivity index (χ1) is 14.4. The van der Waals surface area contributed by atoms with Crippen LogP contribution in [0.1, 0.15) is 62.1 Å². The zero-order valence-electron chi connectivity index (χ0n) is 18.9. The van der Waals surface area contributed by atoms with Crippen LogP contribution >= 0.6 is 0 Å². The second-order valence-electron chi connectivity index (χ2n) is 7.91. The van der Waals surface area contributed by atoms with Crippen LogP contribution in [0.2, 0.25) is 0 Å². The molecule has 162 valence electrons. The summed E-state index contributed by atoms with van der Waals surface area (Å²) >= 11 is 0. The Labute approximate surface area is 180 Å². The second kappa shape index (κ2) is 11.5. The van der Waals surface area contributed by atoms with E-state index in [9.17, 15) is 9.59 Å². The third-order valence-corrected chi connectivity index (χ3v) is 5.49. The summed E-state index contributed by atoms with van der Waals surface area (Å²) < 4.78 is 0. The van der Waals surface area contributed by atoms with Gasteiger partial charge in [-0.1, -0.05) is 51.1 Å². The van der Waals surface area contributed by atoms with Gasteiger partial charge in [0.2, 0.25) is 0 Å². The van der Waals surface area contributed by atoms with Crippen LogP contribution in [0, 0.1) is 5.92 Å². The zero-order valence-corrected chi connectivity index (χ0v) is 18.9. The summed E-state index contributed by atoms with van der Waals surface area (Å²) in [5.74, 6) is 0.316. The molecule has 30 heavy (non-hydrogen) atoms. The van der Waals surface area contributed by atoms with Gasteiger partial charge >= 0.3 is 0 Å². The molecule has 0 bridgehead atoms. The van der Waals surface area contributed by atoms with E-state index in [4.69, 9.17) is 0 Å². The summed E-state index contributed by atoms with van der Waals surface area (Å²) in [6.45, 7) is 12.1. The van der Waals surface area contributed by atoms with Gasteiger partial charge in [0.05, 0.1) is 0 Å². The second-order valence-corrected chi connectivity index (χ2v) is 7.91. The Morgan fingerprint density at radius 1 is 1.00 bits per heavy atom. The molecule has 0 aromatic heterocycles. The predicted octanol–water partition coefficient (Wildman–Crippen LogP) is 3.63. The quantitative estimate of drug-likeness (QED) is 0.628. The van der Waals surface area contributed by atoms with Gasteiger partial charge in [-0.3, -0.25) is 9.59 Å². The minimum Gasteiger partial charge on any atom is -0.339 e. The van der Waals surface area contributed by atoms with Crippen molar-refractivity contribution in [2.45, 2.75) is 47.1 Å². The Bertz CT molecular complexity index is 827. The number of anilines is 1. The highest BCUT2D eigenvalue weighted by Crippen LogP contribution is 2.18. The fourth-order valence-electron chi connectivity index (χ4n) is 3.64. The Balaban J connectivity index is 2.00. The lowest BCUT2D eigenvalue weighted by atomic mass is 9.95. The number of amides is 2. The van der Waals surface area contributed by atoms with Crippen LogP contribution in [-0.2, 0) is 11.2 Å². The van der Waals surface area contributed by atoms with Crippen molar-refractivity contribution >= 4 is 17.5 Å². The van der Waals surface area contributed by atoms with Crippen LogP contribution in [0.3, 0.4) is 0 Å². The molecule has 5 nitrogen and oxygen atoms in total. The number of benzene rings is 2. The van der Waals surface area contributed by atoms with Gasteiger partial charge in [-0.15, -0.1) is 0 Å². The van der Waals surface area contributed by atoms with Crippen LogP contribution in [0.25, 0.3) is 0 Å². The van der Waals surface area contributed by atoms with Crippen molar-refractivity contribution in [1.82, 2.24) is 4.90 Å². The topological polar surface area (TPSA) is 66.0 Å². The van der Waals surface area contributed by atoms with Crippen molar-refractivity contribution in [1.29, 1.82) is 0 Å². The number of nitrogens with two attached hydrogens (primary N) is 1. The molecule has 0 aliphatic heterocycles. The number of carbonyl (C=O) groups excluding carboxylic acids is 2. The Hall–Kier alpha value is -2.66. The van der Waals surface area contributed by atoms with E-state index in [0.717, 1.165) is 6.42 Å². The summed E-state index contributed by atoms with van der Waals surface area (Å²) in [6, 6.07) is 16.0. The Morgan fingerprint density at radius 2 is 1.67 bits per heavy atom. The first-order valence-electron chi connectivity index (χ1n) is 11.0. The fourth-order valence-corrected chi connectivity index (χ4v) is 3.64. The van der Waals surface area contributed by atoms with Crippen LogP contribution in [0.4, 0.5) is 5.69 Å². The van der Waals surface area contributed by atoms with E-state index in [1.807, 2.05) is 26.0 Å². The molecule has 0 radical (unpaired) electrons. The molecule has 0 spiro atoms. The van der Waals surface area contributed by atoms with Crippen molar-refractivity contribution in [2.75, 3.05) is 25.0 Å². The molecule has 0 aliphatic carbocycles. The number of rotatable bonds is 10. The summed E-state index contributed by atoms with van der Waals surface area (Å²) in [6.07, 6.45) is 1.02. The maximum atomic E-state index is 12.6. The molecule has 0 aliphatic rings. The first-order valence-corrected chi connectivity index (χ1v) is 11.0. The predicted molar refractivity (Wildman–Crippen MR) is 123 cm³/mol. The minimum atomic E-state index is -0.0710. The van der Waals surface area contributed by atoms with Crippen molar-refractivity contribution in [3.05, 3.63) is 65.2 Å². The molecular weight excluding hydrogens is 374 g/mol. The lowest BCUT2D eigenvalue weighted by molar-refractivity contribution is -0.692. The standard InChI is InChI=1S/C25H35N3O2/c1-6-19-12-14-20(15-13-19)24(18(4)5)26-17-23(29)27-22-11-9-10-21(16-22)25(30)28(7-2)8-3/h9-16,18,24,26H,6-8,17H2,1-5H3,(H,27,29)/p+1/t24-/m1/s1. The summed E-state index contributed by atoms with van der Waals surface area (Å²) in [5, 5.41) is 5.02. The van der Waals surface area contributed by atoms with E-state index in [-0.39, 0.29) is 17.9 Å². The van der Waals surface area contributed by atoms with Crippen LogP contribution in [0.15, 0.2) is 48.5 Å². The SMILES string of the molecule is CCc1ccc([C@H]([NH2+]CC(=O)Nc2cccc(C(=O)N(CC)CC)c2)C(C)C)cc1. The Kier molecular flexibility index (Phi) is 9.06. The maximum absolute atomic E-state index is 12.6. The maximum Gasteiger partial charge on any atom is 0.279 e. The monoisotopic (exact) mass is 410 g/mol. The van der Waals surface area contributed by atoms with Gasteiger partial charge in [0.1, 0.15) is 6.04 Å². The van der Waals surface area contributed by atoms with Crippen LogP contribution < -0.4 is 10.6 Å². The van der Waals surface area contributed by atoms with Gasteiger partial charge in [0.15, 0.2) is 6.54 Å². The van der Waals surface area contributed by atoms with Gasteiger partial charge in [0.25, 0.3) is 11.8 Å². The van der Waals surface area contributed by atoms with Crippen LogP contribution in [-0.4, -0.2) is 36.3 Å². The molecule has 5 heteroatoms. The molecule has 0 unspecified atom stereocenters. The molecular formula is C25H36N3O2+. The average molecular weight is 411 g/mol. The third-order valence-electron chi connectivity index (χ3n) is 5.49. The highest BCUT2D eigenvalue weighted by atomic mass is 16.2. The number of nitrogens with one attached hydrogen (secondary N) is 1. The van der Waals surface area contributed by atoms with Crippen molar-refractivity contribution in [3.63, 3.8) is 0 Å². The largest absolute Gasteiger partial charge is 0.339 e. The molecule has 3 N–H and O–H groups in total. The van der Waals surface area contributed by atoms with Crippen molar-refractivity contribution < 1.29 is 14.9 Å². The number of nitrogens with zero attached hydrogens (tertiary/aromatic N) is 1. The van der Waals surface area contributed by atoms with E-state index in [1.165, 1.54) is 11.1 Å². The van der Waals surface area contributed by atoms with E-state index in [1.54, 1.807) is 17.0 Å². The van der Waals surface area contributed by atoms with Crippen LogP contribution in [0.5, 0.6) is 0 Å². The molecule has 2 amide bonds. The summed E-state index contributed by atoms with van der Waals surface area (Å²) in [7, 11) is 0. The highest BCUT2D eigenvalue weighted by Gasteiger charge is 2.21. The Morgan fingerprint density at radius 3 is 2.23 bits per heavy atom. The average Bonchev–Trinajstić information content (AvgIpc) is 2.75. The van der Waals surface area contributed by atoms with Gasteiger partial charge in [-0.2, -0.15) is 0 Å². The van der Waals surface area contributed by atoms with Gasteiger partial charge in [0, 0.05) is 35.8 Å². The summed E-state index contributed by atoms with van der Waals surface area (Å²) in [5.41, 5.74) is 3.80. The van der Waals surface area contributed by atoms with Gasteiger partial charge in [-0.05, 0) is 44.0 Å². The molecule has 0 saturated heterocycles. The van der Waals surface area contributed by atoms with E-state index in [0.29, 0.717) is 36.8 Å². The minimum absolute atomic E-state index is 0.0157. The summed E-state index contributed by atoms with van der Waals surface area (Å²) in [4.78, 5) is 26.9. The molecule has 0 heterocycles. The fraction of sp³-hybridized carbons (Fsp3) is 0.440. The van der Waals surface area contributed by atoms with E-state index < -0.39 is 0 Å². The molecule has 2 rings (SSSR count). The molecule has 0 fully saturated rings. The number of carbonyl (C=O) groups is 2. The van der Waals surface area contributed by atoms with Gasteiger partial charge < -0.3 is 15.5 Å². The van der Waals surface area contributed by atoms with E-state index in [2.05, 4.69) is 55.7 Å². The number of hydrogen-bond donors (Lipinski definition) is 2. The lowest BCUT2D eigenvalue weighted by Gasteiger charge is -2.20. The molecule has 1 atom stereocenters. The first kappa shape index (κ1) is 23.6. The number of aryl methyl sites for hydroxylation is 1. The molecule has 2 aromatic rings. The number of hydrogen-bond acceptors (Lipinski definition) is 2. The normalized spacial score (nSPS) is 11.9. The smallest absolute Gasteiger partial charge is 0.279 e. The highest BCUT2D eigenvalue weighted by molar-refractivity contribution is 5.97. The van der Waals surface area contributed by atoms with E-state index >= 15 is 0 Å². The molecule has 0 saturated carbocycles. The third kappa shape index (κ3) is 6.42. The molecule has 2 aromatic carbocycles. The van der Waals surface area contributed by atoms with Crippen molar-refractivity contribution in [3.8, 4) is 0 Å². The zero-order chi connectivity index (χ0) is 22.1. The number of quaternary nitrogens is 1.